The van der Waals surface area contributed by atoms with Gasteiger partial charge in [0.25, 0.3) is 0 Å². The fourth-order valence-electron chi connectivity index (χ4n) is 3.41. The zero-order chi connectivity index (χ0) is 20.8. The monoisotopic (exact) mass is 416 g/mol. The molecule has 0 bridgehead atoms. The van der Waals surface area contributed by atoms with E-state index in [1.165, 1.54) is 0 Å². The van der Waals surface area contributed by atoms with Gasteiger partial charge >= 0.3 is 0 Å². The molecule has 0 radical (unpaired) electrons. The van der Waals surface area contributed by atoms with Crippen molar-refractivity contribution in [3.8, 4) is 5.75 Å². The number of nitrogens with one attached hydrogen (secondary N) is 1. The fourth-order valence-corrected chi connectivity index (χ4v) is 4.38. The van der Waals surface area contributed by atoms with Gasteiger partial charge in [-0.25, -0.2) is 4.98 Å². The van der Waals surface area contributed by atoms with Crippen LogP contribution in [0.3, 0.4) is 0 Å². The van der Waals surface area contributed by atoms with E-state index in [-0.39, 0.29) is 11.9 Å². The summed E-state index contributed by atoms with van der Waals surface area (Å²) in [5, 5.41) is 4.19. The van der Waals surface area contributed by atoms with E-state index >= 15 is 0 Å². The van der Waals surface area contributed by atoms with Crippen molar-refractivity contribution in [2.75, 3.05) is 6.61 Å². The first-order valence-corrected chi connectivity index (χ1v) is 11.0. The van der Waals surface area contributed by atoms with Crippen molar-refractivity contribution in [1.82, 2.24) is 10.3 Å². The fraction of sp³-hybridized carbons (Fsp3) is 0.200. The number of benzene rings is 3. The van der Waals surface area contributed by atoms with Crippen molar-refractivity contribution in [2.24, 2.45) is 0 Å². The average molecular weight is 417 g/mol. The van der Waals surface area contributed by atoms with Gasteiger partial charge in [-0.1, -0.05) is 54.6 Å². The van der Waals surface area contributed by atoms with E-state index in [1.54, 1.807) is 11.3 Å². The molecule has 0 saturated carbocycles. The second kappa shape index (κ2) is 9.55. The first kappa shape index (κ1) is 20.1. The standard InChI is InChI=1S/C25H24N2O2S/c1-2-29-20-14-12-19(13-15-20)25(18-8-4-3-5-9-18)27-23(28)16-17-24-26-21-10-6-7-11-22(21)30-24/h3-15,25H,2,16-17H2,1H3,(H,27,28). The third-order valence-corrected chi connectivity index (χ3v) is 5.96. The number of hydrogen-bond donors (Lipinski definition) is 1. The van der Waals surface area contributed by atoms with E-state index in [0.717, 1.165) is 32.1 Å². The van der Waals surface area contributed by atoms with Crippen LogP contribution in [0.2, 0.25) is 0 Å². The van der Waals surface area contributed by atoms with Crippen LogP contribution in [0.1, 0.15) is 35.5 Å². The predicted octanol–water partition coefficient (Wildman–Crippen LogP) is 5.53. The molecule has 1 unspecified atom stereocenters. The number of thiazole rings is 1. The zero-order valence-electron chi connectivity index (χ0n) is 16.9. The van der Waals surface area contributed by atoms with E-state index < -0.39 is 0 Å². The van der Waals surface area contributed by atoms with Crippen LogP contribution in [0.5, 0.6) is 5.75 Å². The van der Waals surface area contributed by atoms with Crippen molar-refractivity contribution in [3.05, 3.63) is 95.0 Å². The Morgan fingerprint density at radius 1 is 0.967 bits per heavy atom. The Hall–Kier alpha value is -3.18. The van der Waals surface area contributed by atoms with Crippen LogP contribution in [-0.4, -0.2) is 17.5 Å². The molecule has 152 valence electrons. The summed E-state index contributed by atoms with van der Waals surface area (Å²) in [6.45, 7) is 2.59. The largest absolute Gasteiger partial charge is 0.494 e. The highest BCUT2D eigenvalue weighted by Crippen LogP contribution is 2.25. The summed E-state index contributed by atoms with van der Waals surface area (Å²) in [4.78, 5) is 17.4. The van der Waals surface area contributed by atoms with Crippen molar-refractivity contribution in [1.29, 1.82) is 0 Å². The Labute approximate surface area is 180 Å². The Morgan fingerprint density at radius 3 is 2.40 bits per heavy atom. The van der Waals surface area contributed by atoms with Gasteiger partial charge in [-0.15, -0.1) is 11.3 Å². The Bertz CT molecular complexity index is 1070. The summed E-state index contributed by atoms with van der Waals surface area (Å²) in [6.07, 6.45) is 1.04. The van der Waals surface area contributed by atoms with Crippen LogP contribution < -0.4 is 10.1 Å². The number of aryl methyl sites for hydroxylation is 1. The molecule has 0 aliphatic carbocycles. The first-order chi connectivity index (χ1) is 14.7. The molecule has 5 heteroatoms. The molecule has 1 aromatic heterocycles. The smallest absolute Gasteiger partial charge is 0.221 e. The number of rotatable bonds is 8. The molecule has 1 heterocycles. The third-order valence-electron chi connectivity index (χ3n) is 4.87. The summed E-state index contributed by atoms with van der Waals surface area (Å²) in [5.41, 5.74) is 3.07. The maximum atomic E-state index is 12.8. The molecule has 1 atom stereocenters. The molecular formula is C25H24N2O2S. The van der Waals surface area contributed by atoms with Crippen LogP contribution in [-0.2, 0) is 11.2 Å². The van der Waals surface area contributed by atoms with Crippen LogP contribution in [0, 0.1) is 0 Å². The summed E-state index contributed by atoms with van der Waals surface area (Å²) >= 11 is 1.65. The van der Waals surface area contributed by atoms with Gasteiger partial charge in [0.1, 0.15) is 5.75 Å². The molecule has 4 rings (SSSR count). The number of hydrogen-bond acceptors (Lipinski definition) is 4. The number of ether oxygens (including phenoxy) is 1. The number of carbonyl (C=O) groups is 1. The van der Waals surface area contributed by atoms with E-state index in [0.29, 0.717) is 19.4 Å². The first-order valence-electron chi connectivity index (χ1n) is 10.1. The molecule has 4 aromatic rings. The van der Waals surface area contributed by atoms with Gasteiger partial charge in [0.15, 0.2) is 0 Å². The lowest BCUT2D eigenvalue weighted by atomic mass is 9.98. The Kier molecular flexibility index (Phi) is 6.40. The minimum Gasteiger partial charge on any atom is -0.494 e. The minimum atomic E-state index is -0.204. The van der Waals surface area contributed by atoms with Crippen LogP contribution in [0.25, 0.3) is 10.2 Å². The quantitative estimate of drug-likeness (QED) is 0.411. The summed E-state index contributed by atoms with van der Waals surface area (Å²) in [6, 6.07) is 25.8. The minimum absolute atomic E-state index is 0.0111. The maximum absolute atomic E-state index is 12.8. The second-order valence-corrected chi connectivity index (χ2v) is 8.10. The molecule has 1 amide bonds. The number of para-hydroxylation sites is 1. The van der Waals surface area contributed by atoms with Gasteiger partial charge in [0.05, 0.1) is 27.9 Å². The lowest BCUT2D eigenvalue weighted by Gasteiger charge is -2.20. The zero-order valence-corrected chi connectivity index (χ0v) is 17.7. The topological polar surface area (TPSA) is 51.2 Å². The highest BCUT2D eigenvalue weighted by Gasteiger charge is 2.17. The van der Waals surface area contributed by atoms with Crippen molar-refractivity contribution >= 4 is 27.5 Å². The molecule has 0 aliphatic rings. The highest BCUT2D eigenvalue weighted by atomic mass is 32.1. The Morgan fingerprint density at radius 2 is 1.67 bits per heavy atom. The molecule has 0 aliphatic heterocycles. The molecule has 0 fully saturated rings. The molecule has 0 spiro atoms. The average Bonchev–Trinajstić information content (AvgIpc) is 3.21. The SMILES string of the molecule is CCOc1ccc(C(NC(=O)CCc2nc3ccccc3s2)c2ccccc2)cc1. The van der Waals surface area contributed by atoms with Gasteiger partial charge in [-0.3, -0.25) is 4.79 Å². The van der Waals surface area contributed by atoms with E-state index in [1.807, 2.05) is 79.7 Å². The maximum Gasteiger partial charge on any atom is 0.221 e. The number of carbonyl (C=O) groups excluding carboxylic acids is 1. The van der Waals surface area contributed by atoms with Gasteiger partial charge in [-0.2, -0.15) is 0 Å². The normalized spacial score (nSPS) is 11.9. The lowest BCUT2D eigenvalue weighted by Crippen LogP contribution is -2.29. The number of amides is 1. The van der Waals surface area contributed by atoms with Crippen molar-refractivity contribution < 1.29 is 9.53 Å². The van der Waals surface area contributed by atoms with Gasteiger partial charge in [-0.05, 0) is 42.3 Å². The second-order valence-electron chi connectivity index (χ2n) is 6.99. The number of aromatic nitrogens is 1. The van der Waals surface area contributed by atoms with Gasteiger partial charge in [0, 0.05) is 12.8 Å². The molecule has 1 N–H and O–H groups in total. The summed E-state index contributed by atoms with van der Waals surface area (Å²) in [5.74, 6) is 0.840. The molecule has 3 aromatic carbocycles. The van der Waals surface area contributed by atoms with Crippen LogP contribution >= 0.6 is 11.3 Å². The Balaban J connectivity index is 1.47. The third kappa shape index (κ3) is 4.86. The van der Waals surface area contributed by atoms with Gasteiger partial charge in [0.2, 0.25) is 5.91 Å². The van der Waals surface area contributed by atoms with Gasteiger partial charge < -0.3 is 10.1 Å². The lowest BCUT2D eigenvalue weighted by molar-refractivity contribution is -0.121. The van der Waals surface area contributed by atoms with E-state index in [9.17, 15) is 4.79 Å². The van der Waals surface area contributed by atoms with Crippen molar-refractivity contribution in [2.45, 2.75) is 25.8 Å². The highest BCUT2D eigenvalue weighted by molar-refractivity contribution is 7.18. The van der Waals surface area contributed by atoms with E-state index in [4.69, 9.17) is 4.74 Å². The van der Waals surface area contributed by atoms with Crippen LogP contribution in [0.4, 0.5) is 0 Å². The molecular weight excluding hydrogens is 392 g/mol. The molecule has 30 heavy (non-hydrogen) atoms. The van der Waals surface area contributed by atoms with E-state index in [2.05, 4.69) is 16.4 Å². The predicted molar refractivity (Wildman–Crippen MR) is 122 cm³/mol. The summed E-state index contributed by atoms with van der Waals surface area (Å²) < 4.78 is 6.70. The van der Waals surface area contributed by atoms with Crippen molar-refractivity contribution in [3.63, 3.8) is 0 Å². The number of fused-ring (bicyclic) bond motifs is 1. The molecule has 0 saturated heterocycles. The molecule has 4 nitrogen and oxygen atoms in total. The summed E-state index contributed by atoms with van der Waals surface area (Å²) in [7, 11) is 0. The van der Waals surface area contributed by atoms with Crippen LogP contribution in [0.15, 0.2) is 78.9 Å². The number of nitrogens with zero attached hydrogens (tertiary/aromatic N) is 1.